The van der Waals surface area contributed by atoms with E-state index in [9.17, 15) is 18.3 Å². The number of halogens is 1. The second kappa shape index (κ2) is 5.60. The van der Waals surface area contributed by atoms with E-state index in [4.69, 9.17) is 0 Å². The maximum atomic E-state index is 12.6. The van der Waals surface area contributed by atoms with Crippen molar-refractivity contribution in [3.63, 3.8) is 0 Å². The van der Waals surface area contributed by atoms with Gasteiger partial charge in [-0.3, -0.25) is 4.79 Å². The van der Waals surface area contributed by atoms with E-state index < -0.39 is 21.5 Å². The zero-order chi connectivity index (χ0) is 14.8. The first kappa shape index (κ1) is 16.1. The van der Waals surface area contributed by atoms with Crippen LogP contribution in [0.5, 0.6) is 0 Å². The summed E-state index contributed by atoms with van der Waals surface area (Å²) in [6, 6.07) is 6.34. The lowest BCUT2D eigenvalue weighted by Gasteiger charge is -2.33. The Labute approximate surface area is 121 Å². The molecule has 0 fully saturated rings. The quantitative estimate of drug-likeness (QED) is 0.884. The zero-order valence-corrected chi connectivity index (χ0v) is 13.3. The van der Waals surface area contributed by atoms with Gasteiger partial charge in [-0.1, -0.05) is 19.1 Å². The summed E-state index contributed by atoms with van der Waals surface area (Å²) in [6.45, 7) is 4.42. The van der Waals surface area contributed by atoms with Gasteiger partial charge in [0.1, 0.15) is 5.54 Å². The first-order valence-electron chi connectivity index (χ1n) is 5.66. The molecule has 0 atom stereocenters. The third kappa shape index (κ3) is 2.98. The van der Waals surface area contributed by atoms with E-state index in [-0.39, 0.29) is 11.4 Å². The summed E-state index contributed by atoms with van der Waals surface area (Å²) in [4.78, 5) is 11.3. The fraction of sp³-hybridized carbons (Fsp3) is 0.417. The molecule has 0 aliphatic carbocycles. The van der Waals surface area contributed by atoms with Crippen LogP contribution in [0.3, 0.4) is 0 Å². The van der Waals surface area contributed by atoms with Crippen LogP contribution in [0, 0.1) is 0 Å². The van der Waals surface area contributed by atoms with E-state index in [1.807, 2.05) is 0 Å². The minimum atomic E-state index is -3.88. The number of aliphatic carboxylic acids is 1. The minimum absolute atomic E-state index is 0.0613. The van der Waals surface area contributed by atoms with Crippen LogP contribution in [0.15, 0.2) is 33.6 Å². The van der Waals surface area contributed by atoms with Crippen molar-refractivity contribution in [3.05, 3.63) is 28.7 Å². The molecule has 0 heterocycles. The third-order valence-corrected chi connectivity index (χ3v) is 6.00. The molecular formula is C12H16BrNO4S. The Hall–Kier alpha value is -0.920. The molecule has 0 aliphatic heterocycles. The Morgan fingerprint density at radius 3 is 2.32 bits per heavy atom. The number of benzene rings is 1. The number of carboxylic acids is 1. The maximum Gasteiger partial charge on any atom is 0.324 e. The third-order valence-electron chi connectivity index (χ3n) is 2.84. The van der Waals surface area contributed by atoms with Crippen LogP contribution >= 0.6 is 15.9 Å². The average molecular weight is 350 g/mol. The van der Waals surface area contributed by atoms with Crippen LogP contribution in [0.2, 0.25) is 0 Å². The van der Waals surface area contributed by atoms with Crippen LogP contribution < -0.4 is 0 Å². The lowest BCUT2D eigenvalue weighted by molar-refractivity contribution is -0.146. The molecule has 0 spiro atoms. The first-order valence-corrected chi connectivity index (χ1v) is 7.89. The highest BCUT2D eigenvalue weighted by molar-refractivity contribution is 9.10. The Morgan fingerprint density at radius 1 is 1.37 bits per heavy atom. The molecule has 1 aromatic carbocycles. The smallest absolute Gasteiger partial charge is 0.324 e. The first-order chi connectivity index (χ1) is 8.65. The monoisotopic (exact) mass is 349 g/mol. The molecule has 19 heavy (non-hydrogen) atoms. The Morgan fingerprint density at radius 2 is 1.89 bits per heavy atom. The van der Waals surface area contributed by atoms with Gasteiger partial charge in [0.25, 0.3) is 0 Å². The number of carbonyl (C=O) groups is 1. The summed E-state index contributed by atoms with van der Waals surface area (Å²) in [5, 5.41) is 9.20. The lowest BCUT2D eigenvalue weighted by Crippen LogP contribution is -2.52. The van der Waals surface area contributed by atoms with Gasteiger partial charge in [-0.05, 0) is 41.9 Å². The molecule has 0 bridgehead atoms. The number of sulfonamides is 1. The van der Waals surface area contributed by atoms with Gasteiger partial charge in [0, 0.05) is 11.0 Å². The standard InChI is InChI=1S/C12H16BrNO4S/c1-4-14(12(2,3)11(15)16)19(17,18)10-8-6-5-7-9(10)13/h5-8H,4H2,1-3H3,(H,15,16). The van der Waals surface area contributed by atoms with Crippen LogP contribution in [-0.2, 0) is 14.8 Å². The molecule has 106 valence electrons. The number of hydrogen-bond donors (Lipinski definition) is 1. The zero-order valence-electron chi connectivity index (χ0n) is 10.9. The highest BCUT2D eigenvalue weighted by Crippen LogP contribution is 2.29. The van der Waals surface area contributed by atoms with Gasteiger partial charge in [0.05, 0.1) is 4.90 Å². The molecule has 1 rings (SSSR count). The van der Waals surface area contributed by atoms with Crippen molar-refractivity contribution < 1.29 is 18.3 Å². The van der Waals surface area contributed by atoms with Gasteiger partial charge in [-0.2, -0.15) is 4.31 Å². The van der Waals surface area contributed by atoms with E-state index in [0.29, 0.717) is 4.47 Å². The summed E-state index contributed by atoms with van der Waals surface area (Å²) in [5.41, 5.74) is -1.51. The van der Waals surface area contributed by atoms with Gasteiger partial charge in [0.2, 0.25) is 10.0 Å². The molecule has 0 aliphatic rings. The van der Waals surface area contributed by atoms with Crippen molar-refractivity contribution >= 4 is 31.9 Å². The summed E-state index contributed by atoms with van der Waals surface area (Å²) in [6.07, 6.45) is 0. The number of rotatable bonds is 5. The van der Waals surface area contributed by atoms with E-state index >= 15 is 0 Å². The molecule has 7 heteroatoms. The second-order valence-corrected chi connectivity index (χ2v) is 7.15. The highest BCUT2D eigenvalue weighted by atomic mass is 79.9. The summed E-state index contributed by atoms with van der Waals surface area (Å²) < 4.78 is 26.5. The van der Waals surface area contributed by atoms with Crippen molar-refractivity contribution in [3.8, 4) is 0 Å². The molecule has 5 nitrogen and oxygen atoms in total. The van der Waals surface area contributed by atoms with E-state index in [0.717, 1.165) is 4.31 Å². The predicted molar refractivity (Wildman–Crippen MR) is 75.4 cm³/mol. The fourth-order valence-corrected chi connectivity index (χ4v) is 4.46. The molecule has 0 saturated heterocycles. The van der Waals surface area contributed by atoms with Crippen molar-refractivity contribution in [2.75, 3.05) is 6.54 Å². The van der Waals surface area contributed by atoms with Crippen LogP contribution in [0.25, 0.3) is 0 Å². The van der Waals surface area contributed by atoms with Gasteiger partial charge >= 0.3 is 5.97 Å². The molecule has 0 aromatic heterocycles. The molecule has 1 aromatic rings. The lowest BCUT2D eigenvalue weighted by atomic mass is 10.1. The highest BCUT2D eigenvalue weighted by Gasteiger charge is 2.42. The van der Waals surface area contributed by atoms with Gasteiger partial charge in [0.15, 0.2) is 0 Å². The molecule has 0 radical (unpaired) electrons. The van der Waals surface area contributed by atoms with Gasteiger partial charge in [-0.25, -0.2) is 8.42 Å². The van der Waals surface area contributed by atoms with E-state index in [1.165, 1.54) is 19.9 Å². The minimum Gasteiger partial charge on any atom is -0.480 e. The Kier molecular flexibility index (Phi) is 4.76. The second-order valence-electron chi connectivity index (χ2n) is 4.46. The van der Waals surface area contributed by atoms with Crippen molar-refractivity contribution in [1.82, 2.24) is 4.31 Å². The molecule has 1 N–H and O–H groups in total. The van der Waals surface area contributed by atoms with Crippen LogP contribution in [-0.4, -0.2) is 35.9 Å². The van der Waals surface area contributed by atoms with E-state index in [1.54, 1.807) is 25.1 Å². The predicted octanol–water partition coefficient (Wildman–Crippen LogP) is 2.32. The topological polar surface area (TPSA) is 74.7 Å². The normalized spacial score (nSPS) is 12.7. The Bertz CT molecular complexity index is 583. The van der Waals surface area contributed by atoms with Crippen molar-refractivity contribution in [2.45, 2.75) is 31.2 Å². The average Bonchev–Trinajstić information content (AvgIpc) is 2.29. The molecule has 0 amide bonds. The maximum absolute atomic E-state index is 12.6. The molecule has 0 saturated carbocycles. The summed E-state index contributed by atoms with van der Waals surface area (Å²) >= 11 is 3.18. The molecule has 0 unspecified atom stereocenters. The molecular weight excluding hydrogens is 334 g/mol. The number of likely N-dealkylation sites (N-methyl/N-ethyl adjacent to an activating group) is 1. The summed E-state index contributed by atoms with van der Waals surface area (Å²) in [5.74, 6) is -1.19. The number of carboxylic acid groups (broad SMARTS) is 1. The van der Waals surface area contributed by atoms with Crippen LogP contribution in [0.1, 0.15) is 20.8 Å². The SMILES string of the molecule is CCN(C(C)(C)C(=O)O)S(=O)(=O)c1ccccc1Br. The van der Waals surface area contributed by atoms with Crippen molar-refractivity contribution in [2.24, 2.45) is 0 Å². The Balaban J connectivity index is 3.41. The summed E-state index contributed by atoms with van der Waals surface area (Å²) in [7, 11) is -3.88. The van der Waals surface area contributed by atoms with Crippen molar-refractivity contribution in [1.29, 1.82) is 0 Å². The largest absolute Gasteiger partial charge is 0.480 e. The van der Waals surface area contributed by atoms with E-state index in [2.05, 4.69) is 15.9 Å². The number of hydrogen-bond acceptors (Lipinski definition) is 3. The number of nitrogens with zero attached hydrogens (tertiary/aromatic N) is 1. The fourth-order valence-electron chi connectivity index (χ4n) is 1.75. The van der Waals surface area contributed by atoms with Gasteiger partial charge < -0.3 is 5.11 Å². The van der Waals surface area contributed by atoms with Gasteiger partial charge in [-0.15, -0.1) is 0 Å². The van der Waals surface area contributed by atoms with Crippen LogP contribution in [0.4, 0.5) is 0 Å².